The van der Waals surface area contributed by atoms with E-state index < -0.39 is 76.1 Å². The third-order valence-corrected chi connectivity index (χ3v) is 8.44. The lowest BCUT2D eigenvalue weighted by Gasteiger charge is -2.52. The number of ketones is 4. The zero-order chi connectivity index (χ0) is 30.7. The largest absolute Gasteiger partial charge is 0.505 e. The van der Waals surface area contributed by atoms with Crippen LogP contribution in [0, 0.1) is 29.6 Å². The number of carbonyl (C=O) groups is 6. The molecule has 3 aliphatic carbocycles. The fraction of sp³-hybridized carbons (Fsp3) is 0.571. The molecule has 0 aliphatic heterocycles. The van der Waals surface area contributed by atoms with E-state index in [1.165, 1.54) is 25.1 Å². The van der Waals surface area contributed by atoms with Crippen LogP contribution in [0.25, 0.3) is 0 Å². The highest BCUT2D eigenvalue weighted by atomic mass is 16.3. The number of phenols is 1. The fourth-order valence-electron chi connectivity index (χ4n) is 6.61. The summed E-state index contributed by atoms with van der Waals surface area (Å²) in [5, 5.41) is 28.1. The second kappa shape index (κ2) is 10.5. The SMILES string of the molecule is CC(C)CNC(=O)Nc1cc(N(C)C)c2c(c1O)C(=O)C1C(=O)[C@]3(O)C(=O)C(C(N)=O)C(=O)C(N(C)C)[C@@H]3C[C@@H]1C2. The van der Waals surface area contributed by atoms with Crippen LogP contribution < -0.4 is 21.3 Å². The Kier molecular flexibility index (Phi) is 7.74. The molecule has 41 heavy (non-hydrogen) atoms. The van der Waals surface area contributed by atoms with Gasteiger partial charge in [0.1, 0.15) is 5.75 Å². The maximum absolute atomic E-state index is 14.0. The number of aromatic hydroxyl groups is 1. The first kappa shape index (κ1) is 30.1. The van der Waals surface area contributed by atoms with Gasteiger partial charge in [0.15, 0.2) is 34.7 Å². The van der Waals surface area contributed by atoms with Gasteiger partial charge in [0.25, 0.3) is 0 Å². The monoisotopic (exact) mass is 571 g/mol. The van der Waals surface area contributed by atoms with E-state index in [9.17, 15) is 39.0 Å². The molecule has 0 spiro atoms. The molecule has 0 radical (unpaired) electrons. The molecule has 3 unspecified atom stereocenters. The average molecular weight is 572 g/mol. The Morgan fingerprint density at radius 1 is 1.12 bits per heavy atom. The third-order valence-electron chi connectivity index (χ3n) is 8.44. The van der Waals surface area contributed by atoms with Crippen molar-refractivity contribution in [3.8, 4) is 5.75 Å². The second-order valence-corrected chi connectivity index (χ2v) is 12.1. The van der Waals surface area contributed by atoms with Gasteiger partial charge in [0.2, 0.25) is 5.91 Å². The van der Waals surface area contributed by atoms with Gasteiger partial charge in [-0.05, 0) is 50.4 Å². The number of amides is 3. The van der Waals surface area contributed by atoms with E-state index in [0.717, 1.165) is 0 Å². The Labute approximate surface area is 237 Å². The van der Waals surface area contributed by atoms with E-state index in [2.05, 4.69) is 10.6 Å². The Bertz CT molecular complexity index is 1360. The van der Waals surface area contributed by atoms with Gasteiger partial charge in [-0.3, -0.25) is 28.9 Å². The number of carbonyl (C=O) groups excluding carboxylic acids is 6. The van der Waals surface area contributed by atoms with E-state index in [4.69, 9.17) is 5.73 Å². The standard InChI is InChI=1S/C28H37N5O8/c1-11(2)10-30-27(40)31-15-9-16(32(3)4)13-7-12-8-14-20(33(5)6)23(36)19(26(29)39)25(38)28(14,41)24(37)17(12)22(35)18(13)21(15)34/h9,11-12,14,17,19-20,34,41H,7-8,10H2,1-6H3,(H2,29,39)(H2,30,31,40)/t12-,14-,17?,19?,20?,28-/m0/s1. The minimum absolute atomic E-state index is 0.0465. The number of nitrogens with zero attached hydrogens (tertiary/aromatic N) is 2. The maximum atomic E-state index is 14.0. The number of likely N-dealkylation sites (N-methyl/N-ethyl adjacent to an activating group) is 1. The Morgan fingerprint density at radius 2 is 1.76 bits per heavy atom. The number of urea groups is 1. The molecular weight excluding hydrogens is 534 g/mol. The molecule has 0 heterocycles. The number of anilines is 2. The van der Waals surface area contributed by atoms with Crippen molar-refractivity contribution in [2.75, 3.05) is 45.0 Å². The average Bonchev–Trinajstić information content (AvgIpc) is 2.85. The number of phenolic OH excluding ortho intramolecular Hbond substituents is 1. The number of Topliss-reactive ketones (excluding diaryl/α,β-unsaturated/α-hetero) is 4. The molecule has 6 N–H and O–H groups in total. The first-order valence-electron chi connectivity index (χ1n) is 13.5. The molecule has 1 aromatic rings. The number of rotatable bonds is 6. The van der Waals surface area contributed by atoms with E-state index >= 15 is 0 Å². The van der Waals surface area contributed by atoms with Gasteiger partial charge in [-0.1, -0.05) is 13.8 Å². The van der Waals surface area contributed by atoms with Gasteiger partial charge in [0.05, 0.1) is 23.2 Å². The van der Waals surface area contributed by atoms with Crippen LogP contribution in [0.2, 0.25) is 0 Å². The summed E-state index contributed by atoms with van der Waals surface area (Å²) in [4.78, 5) is 82.4. The van der Waals surface area contributed by atoms with Crippen molar-refractivity contribution in [2.24, 2.45) is 35.3 Å². The van der Waals surface area contributed by atoms with Crippen LogP contribution in [0.5, 0.6) is 5.75 Å². The number of nitrogens with two attached hydrogens (primary N) is 1. The lowest BCUT2D eigenvalue weighted by Crippen LogP contribution is -2.74. The molecule has 0 bridgehead atoms. The Balaban J connectivity index is 1.83. The van der Waals surface area contributed by atoms with Crippen molar-refractivity contribution in [2.45, 2.75) is 38.3 Å². The molecule has 2 fully saturated rings. The minimum atomic E-state index is -2.80. The second-order valence-electron chi connectivity index (χ2n) is 12.1. The topological polar surface area (TPSA) is 199 Å². The van der Waals surface area contributed by atoms with Gasteiger partial charge in [-0.2, -0.15) is 0 Å². The van der Waals surface area contributed by atoms with Crippen molar-refractivity contribution in [1.82, 2.24) is 10.2 Å². The molecule has 2 saturated carbocycles. The van der Waals surface area contributed by atoms with Crippen LogP contribution in [-0.2, 0) is 25.6 Å². The maximum Gasteiger partial charge on any atom is 0.319 e. The summed E-state index contributed by atoms with van der Waals surface area (Å²) >= 11 is 0. The molecule has 6 atom stereocenters. The number of aliphatic hydroxyl groups is 1. The lowest BCUT2D eigenvalue weighted by atomic mass is 9.52. The van der Waals surface area contributed by atoms with Crippen LogP contribution >= 0.6 is 0 Å². The van der Waals surface area contributed by atoms with Gasteiger partial charge in [-0.15, -0.1) is 0 Å². The van der Waals surface area contributed by atoms with E-state index in [1.54, 1.807) is 19.0 Å². The van der Waals surface area contributed by atoms with Gasteiger partial charge in [0, 0.05) is 32.2 Å². The van der Waals surface area contributed by atoms with Gasteiger partial charge < -0.3 is 31.5 Å². The molecule has 3 aliphatic rings. The summed E-state index contributed by atoms with van der Waals surface area (Å²) in [6.07, 6.45) is 0.0713. The van der Waals surface area contributed by atoms with E-state index in [-0.39, 0.29) is 30.0 Å². The zero-order valence-corrected chi connectivity index (χ0v) is 24.0. The summed E-state index contributed by atoms with van der Waals surface area (Å²) < 4.78 is 0. The predicted octanol–water partition coefficient (Wildman–Crippen LogP) is -0.289. The number of hydrogen-bond donors (Lipinski definition) is 5. The van der Waals surface area contributed by atoms with Crippen LogP contribution in [0.4, 0.5) is 16.2 Å². The highest BCUT2D eigenvalue weighted by molar-refractivity contribution is 6.32. The van der Waals surface area contributed by atoms with Gasteiger partial charge in [-0.25, -0.2) is 4.79 Å². The molecule has 222 valence electrons. The third kappa shape index (κ3) is 4.66. The smallest absolute Gasteiger partial charge is 0.319 e. The molecule has 3 amide bonds. The quantitative estimate of drug-likeness (QED) is 0.223. The number of nitrogens with one attached hydrogen (secondary N) is 2. The van der Waals surface area contributed by atoms with Crippen LogP contribution in [0.3, 0.4) is 0 Å². The molecule has 4 rings (SSSR count). The van der Waals surface area contributed by atoms with Crippen LogP contribution in [0.15, 0.2) is 6.07 Å². The van der Waals surface area contributed by atoms with Gasteiger partial charge >= 0.3 is 6.03 Å². The summed E-state index contributed by atoms with van der Waals surface area (Å²) in [7, 11) is 6.51. The summed E-state index contributed by atoms with van der Waals surface area (Å²) in [5.41, 5.74) is 3.26. The Hall–Kier alpha value is -3.84. The molecule has 0 aromatic heterocycles. The van der Waals surface area contributed by atoms with Crippen LogP contribution in [-0.4, -0.2) is 96.6 Å². The highest BCUT2D eigenvalue weighted by Gasteiger charge is 2.69. The van der Waals surface area contributed by atoms with Crippen LogP contribution in [0.1, 0.15) is 36.2 Å². The van der Waals surface area contributed by atoms with E-state index in [1.807, 2.05) is 13.8 Å². The van der Waals surface area contributed by atoms with Crippen molar-refractivity contribution >= 4 is 46.4 Å². The van der Waals surface area contributed by atoms with E-state index in [0.29, 0.717) is 17.8 Å². The summed E-state index contributed by atoms with van der Waals surface area (Å²) in [6.45, 7) is 4.19. The summed E-state index contributed by atoms with van der Waals surface area (Å²) in [6, 6.07) is -0.240. The first-order chi connectivity index (χ1) is 19.0. The normalized spacial score (nSPS) is 29.1. The molecule has 13 nitrogen and oxygen atoms in total. The van der Waals surface area contributed by atoms with Crippen molar-refractivity contribution < 1.29 is 39.0 Å². The number of hydrogen-bond acceptors (Lipinski definition) is 10. The van der Waals surface area contributed by atoms with Crippen molar-refractivity contribution in [3.63, 3.8) is 0 Å². The van der Waals surface area contributed by atoms with Crippen molar-refractivity contribution in [3.05, 3.63) is 17.2 Å². The number of benzene rings is 1. The van der Waals surface area contributed by atoms with Crippen molar-refractivity contribution in [1.29, 1.82) is 0 Å². The minimum Gasteiger partial charge on any atom is -0.505 e. The predicted molar refractivity (Wildman–Crippen MR) is 148 cm³/mol. The zero-order valence-electron chi connectivity index (χ0n) is 24.0. The Morgan fingerprint density at radius 3 is 2.29 bits per heavy atom. The lowest BCUT2D eigenvalue weighted by molar-refractivity contribution is -0.181. The molecule has 0 saturated heterocycles. The number of primary amides is 1. The summed E-state index contributed by atoms with van der Waals surface area (Å²) in [5.74, 6) is -11.2. The number of fused-ring (bicyclic) bond motifs is 3. The first-order valence-corrected chi connectivity index (χ1v) is 13.5. The molecule has 13 heteroatoms. The highest BCUT2D eigenvalue weighted by Crippen LogP contribution is 2.52. The molecular formula is C28H37N5O8. The molecule has 1 aromatic carbocycles. The fourth-order valence-corrected chi connectivity index (χ4v) is 6.61.